The van der Waals surface area contributed by atoms with Gasteiger partial charge in [-0.05, 0) is 19.3 Å². The lowest BCUT2D eigenvalue weighted by atomic mass is 10.1. The molecule has 1 aliphatic heterocycles. The van der Waals surface area contributed by atoms with E-state index in [9.17, 15) is 4.79 Å². The Morgan fingerprint density at radius 1 is 1.19 bits per heavy atom. The Morgan fingerprint density at radius 2 is 2.00 bits per heavy atom. The Labute approximate surface area is 94.1 Å². The van der Waals surface area contributed by atoms with Crippen molar-refractivity contribution >= 4 is 6.29 Å². The molecule has 1 aromatic rings. The first kappa shape index (κ1) is 9.90. The molecule has 1 fully saturated rings. The van der Waals surface area contributed by atoms with Crippen LogP contribution in [0.1, 0.15) is 46.3 Å². The van der Waals surface area contributed by atoms with Gasteiger partial charge in [0, 0.05) is 17.9 Å². The van der Waals surface area contributed by atoms with Gasteiger partial charge >= 0.3 is 0 Å². The van der Waals surface area contributed by atoms with Crippen LogP contribution in [0, 0.1) is 0 Å². The van der Waals surface area contributed by atoms with Crippen LogP contribution in [0.2, 0.25) is 0 Å². The monoisotopic (exact) mass is 218 g/mol. The van der Waals surface area contributed by atoms with Gasteiger partial charge in [-0.15, -0.1) is 0 Å². The van der Waals surface area contributed by atoms with Crippen molar-refractivity contribution < 1.29 is 9.53 Å². The highest BCUT2D eigenvalue weighted by Gasteiger charge is 2.28. The predicted molar refractivity (Wildman–Crippen MR) is 57.6 cm³/mol. The Hall–Kier alpha value is -1.29. The zero-order chi connectivity index (χ0) is 11.0. The Morgan fingerprint density at radius 3 is 2.75 bits per heavy atom. The highest BCUT2D eigenvalue weighted by molar-refractivity contribution is 5.74. The minimum atomic E-state index is 0.494. The Balaban J connectivity index is 2.07. The molecule has 2 heterocycles. The van der Waals surface area contributed by atoms with Gasteiger partial charge in [0.2, 0.25) is 0 Å². The molecule has 0 amide bonds. The Bertz CT molecular complexity index is 427. The molecule has 0 bridgehead atoms. The minimum absolute atomic E-state index is 0.494. The van der Waals surface area contributed by atoms with Gasteiger partial charge in [0.25, 0.3) is 0 Å². The normalized spacial score (nSPS) is 20.0. The van der Waals surface area contributed by atoms with Crippen LogP contribution in [0.25, 0.3) is 0 Å². The molecule has 0 spiro atoms. The molecule has 3 rings (SSSR count). The lowest BCUT2D eigenvalue weighted by molar-refractivity contribution is 0.111. The summed E-state index contributed by atoms with van der Waals surface area (Å²) >= 11 is 0. The van der Waals surface area contributed by atoms with Crippen LogP contribution >= 0.6 is 0 Å². The summed E-state index contributed by atoms with van der Waals surface area (Å²) in [6.07, 6.45) is 4.74. The van der Waals surface area contributed by atoms with E-state index in [4.69, 9.17) is 4.74 Å². The molecule has 16 heavy (non-hydrogen) atoms. The van der Waals surface area contributed by atoms with Crippen LogP contribution in [0.15, 0.2) is 0 Å². The van der Waals surface area contributed by atoms with Crippen LogP contribution in [-0.2, 0) is 17.6 Å². The first-order valence-corrected chi connectivity index (χ1v) is 5.81. The van der Waals surface area contributed by atoms with Crippen molar-refractivity contribution in [2.24, 2.45) is 0 Å². The van der Waals surface area contributed by atoms with E-state index in [1.54, 1.807) is 0 Å². The third-order valence-electron chi connectivity index (χ3n) is 3.18. The van der Waals surface area contributed by atoms with Gasteiger partial charge < -0.3 is 4.74 Å². The fraction of sp³-hybridized carbons (Fsp3) is 0.583. The molecule has 0 saturated heterocycles. The number of carbonyl (C=O) groups is 1. The molecular weight excluding hydrogens is 204 g/mol. The van der Waals surface area contributed by atoms with E-state index in [-0.39, 0.29) is 0 Å². The van der Waals surface area contributed by atoms with E-state index in [0.717, 1.165) is 49.1 Å². The second kappa shape index (κ2) is 3.94. The summed E-state index contributed by atoms with van der Waals surface area (Å²) in [7, 11) is 0. The fourth-order valence-corrected chi connectivity index (χ4v) is 2.12. The van der Waals surface area contributed by atoms with E-state index < -0.39 is 0 Å². The fourth-order valence-electron chi connectivity index (χ4n) is 2.12. The zero-order valence-corrected chi connectivity index (χ0v) is 9.11. The molecule has 0 aromatic carbocycles. The van der Waals surface area contributed by atoms with Crippen LogP contribution in [-0.4, -0.2) is 29.5 Å². The summed E-state index contributed by atoms with van der Waals surface area (Å²) in [5.74, 6) is 1.36. The summed E-state index contributed by atoms with van der Waals surface area (Å²) in [5, 5.41) is 0. The molecule has 1 aromatic heterocycles. The SMILES string of the molecule is O=Cc1nc(C2CC2)nc2c1CCOCC2. The maximum Gasteiger partial charge on any atom is 0.168 e. The molecule has 1 saturated carbocycles. The average molecular weight is 218 g/mol. The molecule has 84 valence electrons. The largest absolute Gasteiger partial charge is 0.381 e. The molecule has 4 heteroatoms. The number of hydrogen-bond donors (Lipinski definition) is 0. The van der Waals surface area contributed by atoms with Crippen LogP contribution < -0.4 is 0 Å². The van der Waals surface area contributed by atoms with E-state index in [1.165, 1.54) is 0 Å². The van der Waals surface area contributed by atoms with Crippen molar-refractivity contribution in [2.45, 2.75) is 31.6 Å². The van der Waals surface area contributed by atoms with Crippen molar-refractivity contribution in [1.29, 1.82) is 0 Å². The molecule has 1 aliphatic carbocycles. The number of aldehydes is 1. The quantitative estimate of drug-likeness (QED) is 0.702. The smallest absolute Gasteiger partial charge is 0.168 e. The van der Waals surface area contributed by atoms with Crippen molar-refractivity contribution in [2.75, 3.05) is 13.2 Å². The van der Waals surface area contributed by atoms with E-state index in [1.807, 2.05) is 0 Å². The van der Waals surface area contributed by atoms with Gasteiger partial charge in [0.05, 0.1) is 18.9 Å². The maximum atomic E-state index is 11.1. The predicted octanol–water partition coefficient (Wildman–Crippen LogP) is 1.28. The summed E-state index contributed by atoms with van der Waals surface area (Å²) in [6, 6.07) is 0. The third-order valence-corrected chi connectivity index (χ3v) is 3.18. The summed E-state index contributed by atoms with van der Waals surface area (Å²) < 4.78 is 5.41. The average Bonchev–Trinajstić information content (AvgIpc) is 3.13. The highest BCUT2D eigenvalue weighted by Crippen LogP contribution is 2.38. The Kier molecular flexibility index (Phi) is 2.44. The molecule has 0 N–H and O–H groups in total. The number of fused-ring (bicyclic) bond motifs is 1. The lowest BCUT2D eigenvalue weighted by Crippen LogP contribution is -2.09. The number of nitrogens with zero attached hydrogens (tertiary/aromatic N) is 2. The van der Waals surface area contributed by atoms with Crippen LogP contribution in [0.4, 0.5) is 0 Å². The second-order valence-electron chi connectivity index (χ2n) is 4.40. The molecule has 0 atom stereocenters. The van der Waals surface area contributed by atoms with Gasteiger partial charge in [-0.25, -0.2) is 9.97 Å². The minimum Gasteiger partial charge on any atom is -0.381 e. The number of hydrogen-bond acceptors (Lipinski definition) is 4. The van der Waals surface area contributed by atoms with Crippen molar-refractivity contribution in [1.82, 2.24) is 9.97 Å². The van der Waals surface area contributed by atoms with Gasteiger partial charge in [0.1, 0.15) is 11.5 Å². The van der Waals surface area contributed by atoms with Gasteiger partial charge in [-0.2, -0.15) is 0 Å². The summed E-state index contributed by atoms with van der Waals surface area (Å²) in [6.45, 7) is 1.37. The van der Waals surface area contributed by atoms with Crippen LogP contribution in [0.5, 0.6) is 0 Å². The summed E-state index contributed by atoms with van der Waals surface area (Å²) in [5.41, 5.74) is 2.60. The van der Waals surface area contributed by atoms with E-state index in [0.29, 0.717) is 24.8 Å². The third kappa shape index (κ3) is 1.73. The van der Waals surface area contributed by atoms with Crippen molar-refractivity contribution in [3.8, 4) is 0 Å². The number of rotatable bonds is 2. The molecule has 2 aliphatic rings. The molecular formula is C12H14N2O2. The standard InChI is InChI=1S/C12H14N2O2/c15-7-11-9-3-5-16-6-4-10(9)13-12(14-11)8-1-2-8/h7-8H,1-6H2. The number of carbonyl (C=O) groups excluding carboxylic acids is 1. The first-order chi connectivity index (χ1) is 7.88. The maximum absolute atomic E-state index is 11.1. The van der Waals surface area contributed by atoms with Gasteiger partial charge in [0.15, 0.2) is 6.29 Å². The lowest BCUT2D eigenvalue weighted by Gasteiger charge is -2.08. The van der Waals surface area contributed by atoms with E-state index in [2.05, 4.69) is 9.97 Å². The summed E-state index contributed by atoms with van der Waals surface area (Å²) in [4.78, 5) is 20.0. The molecule has 0 unspecified atom stereocenters. The van der Waals surface area contributed by atoms with Crippen molar-refractivity contribution in [3.05, 3.63) is 22.8 Å². The number of aromatic nitrogens is 2. The number of ether oxygens (including phenoxy) is 1. The van der Waals surface area contributed by atoms with Gasteiger partial charge in [-0.3, -0.25) is 4.79 Å². The van der Waals surface area contributed by atoms with Gasteiger partial charge in [-0.1, -0.05) is 0 Å². The van der Waals surface area contributed by atoms with E-state index >= 15 is 0 Å². The molecule has 4 nitrogen and oxygen atoms in total. The molecule has 0 radical (unpaired) electrons. The second-order valence-corrected chi connectivity index (χ2v) is 4.40. The zero-order valence-electron chi connectivity index (χ0n) is 9.11. The topological polar surface area (TPSA) is 52.1 Å². The first-order valence-electron chi connectivity index (χ1n) is 5.81. The highest BCUT2D eigenvalue weighted by atomic mass is 16.5. The van der Waals surface area contributed by atoms with Crippen LogP contribution in [0.3, 0.4) is 0 Å². The van der Waals surface area contributed by atoms with Crippen molar-refractivity contribution in [3.63, 3.8) is 0 Å².